The fraction of sp³-hybridized carbons (Fsp3) is 0.250. The number of carbonyl (C=O) groups excluding carboxylic acids is 2. The summed E-state index contributed by atoms with van der Waals surface area (Å²) in [6.45, 7) is 4.40. The third kappa shape index (κ3) is 3.96. The lowest BCUT2D eigenvalue weighted by atomic mass is 9.92. The van der Waals surface area contributed by atoms with E-state index in [1.807, 2.05) is 36.9 Å². The molecule has 1 N–H and O–H groups in total. The number of hydrogen-bond acceptors (Lipinski definition) is 3. The molecule has 1 aliphatic heterocycles. The number of fused-ring (bicyclic) bond motifs is 1. The first kappa shape index (κ1) is 19.4. The Balaban J connectivity index is 1.61. The van der Waals surface area contributed by atoms with Crippen LogP contribution in [-0.4, -0.2) is 23.3 Å². The molecule has 1 aromatic heterocycles. The number of hydrogen-bond donors (Lipinski definition) is 1. The van der Waals surface area contributed by atoms with Gasteiger partial charge in [-0.2, -0.15) is 0 Å². The molecule has 0 bridgehead atoms. The summed E-state index contributed by atoms with van der Waals surface area (Å²) in [4.78, 5) is 28.6. The monoisotopic (exact) mass is 404 g/mol. The standard InChI is InChI=1S/C24H24N2O2S/c1-16(2)23(27)25-19-10-8-18(9-11-19)24(28)26-14-12-21-20(13-15-29-21)22(26)17-6-4-3-5-7-17/h3-11,13,15-16,22H,12,14H2,1-2H3,(H,25,27). The Kier molecular flexibility index (Phi) is 5.49. The highest BCUT2D eigenvalue weighted by molar-refractivity contribution is 7.10. The Hall–Kier alpha value is -2.92. The van der Waals surface area contributed by atoms with E-state index in [1.54, 1.807) is 35.6 Å². The molecular weight excluding hydrogens is 380 g/mol. The van der Waals surface area contributed by atoms with Crippen molar-refractivity contribution in [2.24, 2.45) is 5.92 Å². The van der Waals surface area contributed by atoms with Gasteiger partial charge in [0, 0.05) is 28.6 Å². The first-order valence-electron chi connectivity index (χ1n) is 9.87. The van der Waals surface area contributed by atoms with Crippen LogP contribution in [0.4, 0.5) is 5.69 Å². The molecule has 0 aliphatic carbocycles. The molecule has 2 aromatic carbocycles. The molecule has 5 heteroatoms. The molecule has 148 valence electrons. The van der Waals surface area contributed by atoms with E-state index in [4.69, 9.17) is 0 Å². The van der Waals surface area contributed by atoms with Crippen LogP contribution in [0.5, 0.6) is 0 Å². The molecule has 0 spiro atoms. The van der Waals surface area contributed by atoms with Crippen LogP contribution in [0.3, 0.4) is 0 Å². The zero-order valence-corrected chi connectivity index (χ0v) is 17.4. The highest BCUT2D eigenvalue weighted by Crippen LogP contribution is 2.38. The first-order valence-corrected chi connectivity index (χ1v) is 10.8. The Labute approximate surface area is 175 Å². The van der Waals surface area contributed by atoms with Crippen molar-refractivity contribution in [3.8, 4) is 0 Å². The number of nitrogens with zero attached hydrogens (tertiary/aromatic N) is 1. The van der Waals surface area contributed by atoms with E-state index >= 15 is 0 Å². The highest BCUT2D eigenvalue weighted by atomic mass is 32.1. The summed E-state index contributed by atoms with van der Waals surface area (Å²) in [5, 5.41) is 4.98. The molecule has 1 aliphatic rings. The van der Waals surface area contributed by atoms with Crippen molar-refractivity contribution in [3.05, 3.63) is 87.6 Å². The summed E-state index contributed by atoms with van der Waals surface area (Å²) in [5.74, 6) is -0.109. The number of amides is 2. The van der Waals surface area contributed by atoms with Gasteiger partial charge in [0.05, 0.1) is 6.04 Å². The third-order valence-electron chi connectivity index (χ3n) is 5.27. The van der Waals surface area contributed by atoms with Gasteiger partial charge < -0.3 is 10.2 Å². The zero-order chi connectivity index (χ0) is 20.4. The Morgan fingerprint density at radius 2 is 1.76 bits per heavy atom. The zero-order valence-electron chi connectivity index (χ0n) is 16.6. The van der Waals surface area contributed by atoms with E-state index in [0.29, 0.717) is 17.8 Å². The van der Waals surface area contributed by atoms with Crippen LogP contribution in [0, 0.1) is 5.92 Å². The van der Waals surface area contributed by atoms with Gasteiger partial charge >= 0.3 is 0 Å². The van der Waals surface area contributed by atoms with Gasteiger partial charge in [0.15, 0.2) is 0 Å². The van der Waals surface area contributed by atoms with Crippen LogP contribution in [0.25, 0.3) is 0 Å². The van der Waals surface area contributed by atoms with Crippen LogP contribution in [0.1, 0.15) is 46.3 Å². The number of carbonyl (C=O) groups is 2. The van der Waals surface area contributed by atoms with Gasteiger partial charge in [-0.3, -0.25) is 9.59 Å². The third-order valence-corrected chi connectivity index (χ3v) is 6.26. The lowest BCUT2D eigenvalue weighted by Gasteiger charge is -2.36. The number of rotatable bonds is 4. The molecule has 0 radical (unpaired) electrons. The van der Waals surface area contributed by atoms with E-state index in [2.05, 4.69) is 28.9 Å². The maximum absolute atomic E-state index is 13.4. The average molecular weight is 405 g/mol. The Morgan fingerprint density at radius 3 is 2.45 bits per heavy atom. The number of thiophene rings is 1. The van der Waals surface area contributed by atoms with Gasteiger partial charge in [0.1, 0.15) is 0 Å². The van der Waals surface area contributed by atoms with Crippen LogP contribution < -0.4 is 5.32 Å². The Morgan fingerprint density at radius 1 is 1.03 bits per heavy atom. The summed E-state index contributed by atoms with van der Waals surface area (Å²) < 4.78 is 0. The Bertz CT molecular complexity index is 1010. The normalized spacial score (nSPS) is 15.8. The quantitative estimate of drug-likeness (QED) is 0.655. The van der Waals surface area contributed by atoms with Gasteiger partial charge in [-0.25, -0.2) is 0 Å². The highest BCUT2D eigenvalue weighted by Gasteiger charge is 2.33. The summed E-state index contributed by atoms with van der Waals surface area (Å²) in [7, 11) is 0. The largest absolute Gasteiger partial charge is 0.327 e. The minimum absolute atomic E-state index is 0.0115. The predicted octanol–water partition coefficient (Wildman–Crippen LogP) is 5.13. The van der Waals surface area contributed by atoms with Crippen molar-refractivity contribution in [3.63, 3.8) is 0 Å². The molecule has 3 aromatic rings. The molecule has 2 amide bonds. The molecule has 2 heterocycles. The van der Waals surface area contributed by atoms with Crippen LogP contribution in [0.15, 0.2) is 66.0 Å². The van der Waals surface area contributed by atoms with E-state index in [0.717, 1.165) is 12.0 Å². The van der Waals surface area contributed by atoms with Crippen LogP contribution in [0.2, 0.25) is 0 Å². The number of benzene rings is 2. The molecule has 0 saturated carbocycles. The van der Waals surface area contributed by atoms with Crippen molar-refractivity contribution in [1.82, 2.24) is 4.90 Å². The van der Waals surface area contributed by atoms with E-state index in [-0.39, 0.29) is 23.8 Å². The number of anilines is 1. The van der Waals surface area contributed by atoms with Crippen molar-refractivity contribution in [2.75, 3.05) is 11.9 Å². The van der Waals surface area contributed by atoms with E-state index in [9.17, 15) is 9.59 Å². The van der Waals surface area contributed by atoms with Gasteiger partial charge in [-0.1, -0.05) is 44.2 Å². The van der Waals surface area contributed by atoms with Crippen molar-refractivity contribution >= 4 is 28.8 Å². The smallest absolute Gasteiger partial charge is 0.254 e. The van der Waals surface area contributed by atoms with Crippen molar-refractivity contribution in [2.45, 2.75) is 26.3 Å². The van der Waals surface area contributed by atoms with E-state index < -0.39 is 0 Å². The lowest BCUT2D eigenvalue weighted by Crippen LogP contribution is -2.40. The van der Waals surface area contributed by atoms with E-state index in [1.165, 1.54) is 10.4 Å². The second kappa shape index (κ2) is 8.21. The van der Waals surface area contributed by atoms with Crippen molar-refractivity contribution in [1.29, 1.82) is 0 Å². The summed E-state index contributed by atoms with van der Waals surface area (Å²) >= 11 is 1.77. The molecule has 0 fully saturated rings. The van der Waals surface area contributed by atoms with Gasteiger partial charge in [-0.05, 0) is 53.3 Å². The molecule has 0 saturated heterocycles. The van der Waals surface area contributed by atoms with Gasteiger partial charge in [0.25, 0.3) is 5.91 Å². The van der Waals surface area contributed by atoms with Gasteiger partial charge in [0.2, 0.25) is 5.91 Å². The van der Waals surface area contributed by atoms with Gasteiger partial charge in [-0.15, -0.1) is 11.3 Å². The molecule has 4 rings (SSSR count). The summed E-state index contributed by atoms with van der Waals surface area (Å²) in [6, 6.07) is 19.5. The molecule has 29 heavy (non-hydrogen) atoms. The summed E-state index contributed by atoms with van der Waals surface area (Å²) in [5.41, 5.74) is 3.69. The second-order valence-corrected chi connectivity index (χ2v) is 8.58. The topological polar surface area (TPSA) is 49.4 Å². The first-order chi connectivity index (χ1) is 14.0. The molecule has 1 unspecified atom stereocenters. The minimum Gasteiger partial charge on any atom is -0.327 e. The average Bonchev–Trinajstić information content (AvgIpc) is 3.22. The maximum Gasteiger partial charge on any atom is 0.254 e. The SMILES string of the molecule is CC(C)C(=O)Nc1ccc(C(=O)N2CCc3sccc3C2c2ccccc2)cc1. The fourth-order valence-corrected chi connectivity index (χ4v) is 4.58. The lowest BCUT2D eigenvalue weighted by molar-refractivity contribution is -0.118. The van der Waals surface area contributed by atoms with Crippen LogP contribution in [-0.2, 0) is 11.2 Å². The predicted molar refractivity (Wildman–Crippen MR) is 117 cm³/mol. The molecular formula is C24H24N2O2S. The number of nitrogens with one attached hydrogen (secondary N) is 1. The summed E-state index contributed by atoms with van der Waals surface area (Å²) in [6.07, 6.45) is 0.880. The molecule has 4 nitrogen and oxygen atoms in total. The van der Waals surface area contributed by atoms with Crippen LogP contribution >= 0.6 is 11.3 Å². The van der Waals surface area contributed by atoms with Crippen molar-refractivity contribution < 1.29 is 9.59 Å². The fourth-order valence-electron chi connectivity index (χ4n) is 3.68. The maximum atomic E-state index is 13.4. The molecule has 1 atom stereocenters. The second-order valence-electron chi connectivity index (χ2n) is 7.58. The minimum atomic E-state index is -0.0869.